The molecular weight excluding hydrogens is 318 g/mol. The Balaban J connectivity index is 0.00000264. The summed E-state index contributed by atoms with van der Waals surface area (Å²) in [7, 11) is 3.27. The lowest BCUT2D eigenvalue weighted by Crippen LogP contribution is -2.36. The number of ether oxygens (including phenoxy) is 2. The van der Waals surface area contributed by atoms with Crippen molar-refractivity contribution in [3.05, 3.63) is 23.3 Å². The minimum absolute atomic E-state index is 0. The molecule has 0 fully saturated rings. The number of carbonyl (C=O) groups is 1. The van der Waals surface area contributed by atoms with Gasteiger partial charge in [-0.05, 0) is 49.1 Å². The number of fused-ring (bicyclic) bond motifs is 1. The minimum atomic E-state index is -0.746. The molecule has 130 valence electrons. The van der Waals surface area contributed by atoms with E-state index >= 15 is 0 Å². The Morgan fingerprint density at radius 3 is 2.52 bits per heavy atom. The van der Waals surface area contributed by atoms with Crippen LogP contribution in [0, 0.1) is 0 Å². The molecule has 1 aliphatic rings. The molecule has 1 N–H and O–H groups in total. The van der Waals surface area contributed by atoms with E-state index < -0.39 is 5.97 Å². The SMILES string of the molecule is CCCN1CCc2cc(OC)c(OC)cc2C1CCC(=O)O.Cl. The van der Waals surface area contributed by atoms with Crippen LogP contribution in [0.2, 0.25) is 0 Å². The van der Waals surface area contributed by atoms with Gasteiger partial charge >= 0.3 is 5.97 Å². The van der Waals surface area contributed by atoms with E-state index in [9.17, 15) is 4.79 Å². The quantitative estimate of drug-likeness (QED) is 0.823. The Bertz CT molecular complexity index is 536. The molecule has 23 heavy (non-hydrogen) atoms. The topological polar surface area (TPSA) is 59.0 Å². The van der Waals surface area contributed by atoms with Gasteiger partial charge in [0.25, 0.3) is 0 Å². The first-order chi connectivity index (χ1) is 10.6. The van der Waals surface area contributed by atoms with Crippen molar-refractivity contribution < 1.29 is 19.4 Å². The van der Waals surface area contributed by atoms with E-state index in [-0.39, 0.29) is 24.9 Å². The maximum atomic E-state index is 11.0. The van der Waals surface area contributed by atoms with Crippen LogP contribution in [-0.2, 0) is 11.2 Å². The third kappa shape index (κ3) is 4.52. The Morgan fingerprint density at radius 2 is 1.96 bits per heavy atom. The van der Waals surface area contributed by atoms with Gasteiger partial charge in [0.2, 0.25) is 0 Å². The van der Waals surface area contributed by atoms with Gasteiger partial charge in [-0.15, -0.1) is 12.4 Å². The average molecular weight is 344 g/mol. The normalized spacial score (nSPS) is 17.1. The smallest absolute Gasteiger partial charge is 0.303 e. The monoisotopic (exact) mass is 343 g/mol. The summed E-state index contributed by atoms with van der Waals surface area (Å²) in [5.41, 5.74) is 2.42. The van der Waals surface area contributed by atoms with Crippen LogP contribution in [0.5, 0.6) is 11.5 Å². The summed E-state index contributed by atoms with van der Waals surface area (Å²) in [6.07, 6.45) is 2.82. The lowest BCUT2D eigenvalue weighted by Gasteiger charge is -2.37. The predicted molar refractivity (Wildman–Crippen MR) is 92.0 cm³/mol. The molecule has 0 aromatic heterocycles. The molecule has 1 atom stereocenters. The molecule has 1 unspecified atom stereocenters. The molecule has 0 bridgehead atoms. The molecular formula is C17H26ClNO4. The number of benzene rings is 1. The van der Waals surface area contributed by atoms with Crippen molar-refractivity contribution in [1.82, 2.24) is 4.90 Å². The Morgan fingerprint density at radius 1 is 1.30 bits per heavy atom. The molecule has 1 heterocycles. The van der Waals surface area contributed by atoms with Crippen molar-refractivity contribution in [2.24, 2.45) is 0 Å². The predicted octanol–water partition coefficient (Wildman–Crippen LogP) is 3.30. The standard InChI is InChI=1S/C17H25NO4.ClH/c1-4-8-18-9-7-12-10-15(21-2)16(22-3)11-13(12)14(18)5-6-17(19)20;/h10-11,14H,4-9H2,1-3H3,(H,19,20);1H. The van der Waals surface area contributed by atoms with Crippen molar-refractivity contribution in [2.75, 3.05) is 27.3 Å². The number of methoxy groups -OCH3 is 2. The summed E-state index contributed by atoms with van der Waals surface area (Å²) in [6.45, 7) is 4.09. The molecule has 0 amide bonds. The van der Waals surface area contributed by atoms with Gasteiger partial charge in [0.05, 0.1) is 14.2 Å². The fourth-order valence-corrected chi connectivity index (χ4v) is 3.23. The van der Waals surface area contributed by atoms with E-state index in [4.69, 9.17) is 14.6 Å². The van der Waals surface area contributed by atoms with Gasteiger partial charge in [0.15, 0.2) is 11.5 Å². The molecule has 1 aromatic rings. The summed E-state index contributed by atoms with van der Waals surface area (Å²) < 4.78 is 10.8. The molecule has 2 rings (SSSR count). The summed E-state index contributed by atoms with van der Waals surface area (Å²) >= 11 is 0. The molecule has 1 aromatic carbocycles. The fourth-order valence-electron chi connectivity index (χ4n) is 3.23. The highest BCUT2D eigenvalue weighted by atomic mass is 35.5. The van der Waals surface area contributed by atoms with Crippen LogP contribution in [-0.4, -0.2) is 43.3 Å². The van der Waals surface area contributed by atoms with E-state index in [0.29, 0.717) is 12.2 Å². The lowest BCUT2D eigenvalue weighted by atomic mass is 9.89. The summed E-state index contributed by atoms with van der Waals surface area (Å²) in [5.74, 6) is 0.700. The number of halogens is 1. The van der Waals surface area contributed by atoms with Gasteiger partial charge < -0.3 is 14.6 Å². The van der Waals surface area contributed by atoms with Gasteiger partial charge in [-0.1, -0.05) is 6.92 Å². The summed E-state index contributed by atoms with van der Waals surface area (Å²) in [5, 5.41) is 9.03. The zero-order valence-corrected chi connectivity index (χ0v) is 14.8. The largest absolute Gasteiger partial charge is 0.493 e. The van der Waals surface area contributed by atoms with Crippen LogP contribution in [0.1, 0.15) is 43.4 Å². The molecule has 0 aliphatic carbocycles. The second-order valence-electron chi connectivity index (χ2n) is 5.64. The minimum Gasteiger partial charge on any atom is -0.493 e. The second-order valence-corrected chi connectivity index (χ2v) is 5.64. The number of hydrogen-bond acceptors (Lipinski definition) is 4. The number of aliphatic carboxylic acids is 1. The number of nitrogens with zero attached hydrogens (tertiary/aromatic N) is 1. The third-order valence-electron chi connectivity index (χ3n) is 4.26. The van der Waals surface area contributed by atoms with Crippen LogP contribution < -0.4 is 9.47 Å². The van der Waals surface area contributed by atoms with Crippen molar-refractivity contribution in [2.45, 2.75) is 38.6 Å². The van der Waals surface area contributed by atoms with Crippen molar-refractivity contribution >= 4 is 18.4 Å². The van der Waals surface area contributed by atoms with Gasteiger partial charge in [-0.25, -0.2) is 0 Å². The van der Waals surface area contributed by atoms with Crippen LogP contribution in [0.15, 0.2) is 12.1 Å². The average Bonchev–Trinajstić information content (AvgIpc) is 2.52. The van der Waals surface area contributed by atoms with Crippen molar-refractivity contribution in [3.63, 3.8) is 0 Å². The van der Waals surface area contributed by atoms with E-state index in [1.807, 2.05) is 12.1 Å². The van der Waals surface area contributed by atoms with E-state index in [1.165, 1.54) is 11.1 Å². The van der Waals surface area contributed by atoms with E-state index in [1.54, 1.807) is 14.2 Å². The second kappa shape index (κ2) is 8.99. The van der Waals surface area contributed by atoms with Gasteiger partial charge in [0, 0.05) is 19.0 Å². The van der Waals surface area contributed by atoms with Gasteiger partial charge in [0.1, 0.15) is 0 Å². The lowest BCUT2D eigenvalue weighted by molar-refractivity contribution is -0.137. The highest BCUT2D eigenvalue weighted by molar-refractivity contribution is 5.85. The van der Waals surface area contributed by atoms with E-state index in [0.717, 1.165) is 31.7 Å². The Hall–Kier alpha value is -1.46. The zero-order valence-electron chi connectivity index (χ0n) is 14.0. The first kappa shape index (κ1) is 19.6. The maximum absolute atomic E-state index is 11.0. The Labute approximate surface area is 144 Å². The number of carboxylic acids is 1. The molecule has 0 saturated heterocycles. The number of rotatable bonds is 7. The van der Waals surface area contributed by atoms with Crippen molar-refractivity contribution in [3.8, 4) is 11.5 Å². The maximum Gasteiger partial charge on any atom is 0.303 e. The number of hydrogen-bond donors (Lipinski definition) is 1. The zero-order chi connectivity index (χ0) is 16.1. The van der Waals surface area contributed by atoms with Gasteiger partial charge in [-0.3, -0.25) is 9.69 Å². The number of carboxylic acid groups (broad SMARTS) is 1. The first-order valence-electron chi connectivity index (χ1n) is 7.81. The van der Waals surface area contributed by atoms with Crippen molar-refractivity contribution in [1.29, 1.82) is 0 Å². The fraction of sp³-hybridized carbons (Fsp3) is 0.588. The molecule has 1 aliphatic heterocycles. The molecule has 0 radical (unpaired) electrons. The van der Waals surface area contributed by atoms with Crippen LogP contribution in [0.3, 0.4) is 0 Å². The van der Waals surface area contributed by atoms with E-state index in [2.05, 4.69) is 11.8 Å². The molecule has 5 nitrogen and oxygen atoms in total. The van der Waals surface area contributed by atoms with Crippen LogP contribution in [0.4, 0.5) is 0 Å². The molecule has 0 saturated carbocycles. The third-order valence-corrected chi connectivity index (χ3v) is 4.26. The first-order valence-corrected chi connectivity index (χ1v) is 7.81. The molecule has 6 heteroatoms. The molecule has 0 spiro atoms. The summed E-state index contributed by atoms with van der Waals surface area (Å²) in [6, 6.07) is 4.19. The van der Waals surface area contributed by atoms with Gasteiger partial charge in [-0.2, -0.15) is 0 Å². The highest BCUT2D eigenvalue weighted by Gasteiger charge is 2.28. The highest BCUT2D eigenvalue weighted by Crippen LogP contribution is 2.39. The van der Waals surface area contributed by atoms with Crippen LogP contribution in [0.25, 0.3) is 0 Å². The summed E-state index contributed by atoms with van der Waals surface area (Å²) in [4.78, 5) is 13.4. The Kier molecular flexibility index (Phi) is 7.65. The van der Waals surface area contributed by atoms with Crippen LogP contribution >= 0.6 is 12.4 Å².